The van der Waals surface area contributed by atoms with E-state index in [-0.39, 0.29) is 0 Å². The van der Waals surface area contributed by atoms with E-state index in [4.69, 9.17) is 0 Å². The van der Waals surface area contributed by atoms with Crippen LogP contribution in [0.25, 0.3) is 0 Å². The van der Waals surface area contributed by atoms with Gasteiger partial charge in [0, 0.05) is 0 Å². The molecule has 0 aromatic rings. The molecule has 0 spiro atoms. The molecule has 0 aliphatic heterocycles. The lowest BCUT2D eigenvalue weighted by Gasteiger charge is -2.15. The highest BCUT2D eigenvalue weighted by Crippen LogP contribution is 2.22. The molecule has 0 N–H and O–H groups in total. The van der Waals surface area contributed by atoms with Crippen molar-refractivity contribution < 1.29 is 0 Å². The fourth-order valence-electron chi connectivity index (χ4n) is 2.86. The molecule has 0 nitrogen and oxygen atoms in total. The van der Waals surface area contributed by atoms with Crippen LogP contribution in [0.4, 0.5) is 0 Å². The number of hydrogen-bond acceptors (Lipinski definition) is 0. The Hall–Kier alpha value is 0. The van der Waals surface area contributed by atoms with E-state index in [1.54, 1.807) is 0 Å². The normalized spacial score (nSPS) is 14.7. The summed E-state index contributed by atoms with van der Waals surface area (Å²) in [6.07, 6.45) is 17.3. The monoisotopic (exact) mass is 254 g/mol. The maximum absolute atomic E-state index is 2.44. The standard InChI is InChI=1S/C18H38/c1-5-8-10-15-18(7-3)16-12-11-14-17(4)13-9-6-2/h17-18H,5-16H2,1-4H3. The zero-order valence-electron chi connectivity index (χ0n) is 13.6. The van der Waals surface area contributed by atoms with Gasteiger partial charge in [0.05, 0.1) is 0 Å². The van der Waals surface area contributed by atoms with Gasteiger partial charge in [-0.05, 0) is 11.8 Å². The van der Waals surface area contributed by atoms with Crippen LogP contribution >= 0.6 is 0 Å². The van der Waals surface area contributed by atoms with Crippen LogP contribution in [0.5, 0.6) is 0 Å². The van der Waals surface area contributed by atoms with Gasteiger partial charge in [0.1, 0.15) is 0 Å². The smallest absolute Gasteiger partial charge is 0.0417 e. The third kappa shape index (κ3) is 11.1. The van der Waals surface area contributed by atoms with Crippen molar-refractivity contribution in [3.63, 3.8) is 0 Å². The van der Waals surface area contributed by atoms with E-state index in [0.717, 1.165) is 11.8 Å². The molecule has 0 fully saturated rings. The molecule has 0 aliphatic rings. The number of hydrogen-bond donors (Lipinski definition) is 0. The fourth-order valence-corrected chi connectivity index (χ4v) is 2.86. The van der Waals surface area contributed by atoms with E-state index < -0.39 is 0 Å². The van der Waals surface area contributed by atoms with Gasteiger partial charge < -0.3 is 0 Å². The largest absolute Gasteiger partial charge is 0.0654 e. The molecule has 0 aromatic heterocycles. The van der Waals surface area contributed by atoms with Gasteiger partial charge in [0.2, 0.25) is 0 Å². The Morgan fingerprint density at radius 3 is 1.67 bits per heavy atom. The second-order valence-electron chi connectivity index (χ2n) is 6.30. The Morgan fingerprint density at radius 1 is 0.611 bits per heavy atom. The quantitative estimate of drug-likeness (QED) is 0.311. The van der Waals surface area contributed by atoms with Gasteiger partial charge >= 0.3 is 0 Å². The summed E-state index contributed by atoms with van der Waals surface area (Å²) in [7, 11) is 0. The van der Waals surface area contributed by atoms with Gasteiger partial charge in [0.25, 0.3) is 0 Å². The van der Waals surface area contributed by atoms with Crippen molar-refractivity contribution in [2.75, 3.05) is 0 Å². The Kier molecular flexibility index (Phi) is 13.4. The highest BCUT2D eigenvalue weighted by Gasteiger charge is 2.07. The van der Waals surface area contributed by atoms with E-state index in [0.29, 0.717) is 0 Å². The first kappa shape index (κ1) is 18.0. The van der Waals surface area contributed by atoms with Crippen LogP contribution in [0.2, 0.25) is 0 Å². The van der Waals surface area contributed by atoms with E-state index >= 15 is 0 Å². The molecular weight excluding hydrogens is 216 g/mol. The lowest BCUT2D eigenvalue weighted by molar-refractivity contribution is 0.380. The van der Waals surface area contributed by atoms with Crippen LogP contribution in [0.15, 0.2) is 0 Å². The van der Waals surface area contributed by atoms with Crippen molar-refractivity contribution in [3.8, 4) is 0 Å². The molecule has 2 atom stereocenters. The average molecular weight is 255 g/mol. The van der Waals surface area contributed by atoms with Gasteiger partial charge in [-0.3, -0.25) is 0 Å². The predicted molar refractivity (Wildman–Crippen MR) is 85.1 cm³/mol. The van der Waals surface area contributed by atoms with Crippen molar-refractivity contribution in [2.45, 2.75) is 105 Å². The van der Waals surface area contributed by atoms with Crippen LogP contribution < -0.4 is 0 Å². The molecule has 0 amide bonds. The van der Waals surface area contributed by atoms with Gasteiger partial charge in [-0.25, -0.2) is 0 Å². The summed E-state index contributed by atoms with van der Waals surface area (Å²) in [6.45, 7) is 9.42. The van der Waals surface area contributed by atoms with E-state index in [1.165, 1.54) is 77.0 Å². The molecule has 0 aromatic carbocycles. The molecular formula is C18H38. The van der Waals surface area contributed by atoms with Crippen LogP contribution in [0.1, 0.15) is 105 Å². The summed E-state index contributed by atoms with van der Waals surface area (Å²) in [4.78, 5) is 0. The fraction of sp³-hybridized carbons (Fsp3) is 1.00. The van der Waals surface area contributed by atoms with Crippen LogP contribution in [-0.4, -0.2) is 0 Å². The number of unbranched alkanes of at least 4 members (excludes halogenated alkanes) is 4. The van der Waals surface area contributed by atoms with Crippen molar-refractivity contribution >= 4 is 0 Å². The van der Waals surface area contributed by atoms with Crippen LogP contribution in [0.3, 0.4) is 0 Å². The highest BCUT2D eigenvalue weighted by molar-refractivity contribution is 4.60. The van der Waals surface area contributed by atoms with Crippen molar-refractivity contribution in [2.24, 2.45) is 11.8 Å². The van der Waals surface area contributed by atoms with Gasteiger partial charge in [-0.2, -0.15) is 0 Å². The zero-order chi connectivity index (χ0) is 13.6. The first-order chi connectivity index (χ1) is 8.74. The molecule has 0 radical (unpaired) electrons. The minimum Gasteiger partial charge on any atom is -0.0654 e. The summed E-state index contributed by atoms with van der Waals surface area (Å²) < 4.78 is 0. The first-order valence-corrected chi connectivity index (χ1v) is 8.74. The summed E-state index contributed by atoms with van der Waals surface area (Å²) in [5.41, 5.74) is 0. The van der Waals surface area contributed by atoms with Gasteiger partial charge in [-0.15, -0.1) is 0 Å². The first-order valence-electron chi connectivity index (χ1n) is 8.74. The summed E-state index contributed by atoms with van der Waals surface area (Å²) >= 11 is 0. The molecule has 110 valence electrons. The second-order valence-corrected chi connectivity index (χ2v) is 6.30. The second kappa shape index (κ2) is 13.4. The molecule has 0 aliphatic carbocycles. The Morgan fingerprint density at radius 2 is 1.11 bits per heavy atom. The molecule has 0 saturated carbocycles. The Bertz CT molecular complexity index is 150. The third-order valence-corrected chi connectivity index (χ3v) is 4.40. The zero-order valence-corrected chi connectivity index (χ0v) is 13.6. The number of rotatable bonds is 13. The predicted octanol–water partition coefficient (Wildman–Crippen LogP) is 6.98. The Balaban J connectivity index is 3.43. The SMILES string of the molecule is CCCCCC(CC)CCCCC(C)CCCC. The topological polar surface area (TPSA) is 0 Å². The molecule has 0 bridgehead atoms. The van der Waals surface area contributed by atoms with Crippen molar-refractivity contribution in [1.29, 1.82) is 0 Å². The van der Waals surface area contributed by atoms with E-state index in [1.807, 2.05) is 0 Å². The van der Waals surface area contributed by atoms with Gasteiger partial charge in [0.15, 0.2) is 0 Å². The molecule has 18 heavy (non-hydrogen) atoms. The van der Waals surface area contributed by atoms with Gasteiger partial charge in [-0.1, -0.05) is 105 Å². The lowest BCUT2D eigenvalue weighted by atomic mass is 9.91. The molecule has 0 heteroatoms. The summed E-state index contributed by atoms with van der Waals surface area (Å²) in [6, 6.07) is 0. The minimum absolute atomic E-state index is 0.963. The summed E-state index contributed by atoms with van der Waals surface area (Å²) in [5.74, 6) is 1.98. The molecule has 2 unspecified atom stereocenters. The Labute approximate surface area is 117 Å². The van der Waals surface area contributed by atoms with E-state index in [2.05, 4.69) is 27.7 Å². The summed E-state index contributed by atoms with van der Waals surface area (Å²) in [5, 5.41) is 0. The molecule has 0 saturated heterocycles. The van der Waals surface area contributed by atoms with Crippen LogP contribution in [0, 0.1) is 11.8 Å². The molecule has 0 heterocycles. The minimum atomic E-state index is 0.963. The molecule has 0 rings (SSSR count). The average Bonchev–Trinajstić information content (AvgIpc) is 2.39. The van der Waals surface area contributed by atoms with Crippen molar-refractivity contribution in [1.82, 2.24) is 0 Å². The van der Waals surface area contributed by atoms with Crippen LogP contribution in [-0.2, 0) is 0 Å². The maximum Gasteiger partial charge on any atom is -0.0417 e. The van der Waals surface area contributed by atoms with E-state index in [9.17, 15) is 0 Å². The van der Waals surface area contributed by atoms with Crippen molar-refractivity contribution in [3.05, 3.63) is 0 Å². The highest BCUT2D eigenvalue weighted by atomic mass is 14.1. The maximum atomic E-state index is 2.44. The third-order valence-electron chi connectivity index (χ3n) is 4.40. The lowest BCUT2D eigenvalue weighted by Crippen LogP contribution is -2.00.